The smallest absolute Gasteiger partial charge is 0.339 e. The van der Waals surface area contributed by atoms with Gasteiger partial charge in [0.25, 0.3) is 5.56 Å². The Hall–Kier alpha value is -2.40. The maximum absolute atomic E-state index is 12.3. The Morgan fingerprint density at radius 3 is 2.84 bits per heavy atom. The molecule has 3 aromatic rings. The van der Waals surface area contributed by atoms with Gasteiger partial charge in [-0.1, -0.05) is 11.6 Å². The van der Waals surface area contributed by atoms with E-state index in [1.165, 1.54) is 28.8 Å². The molecule has 1 aromatic carbocycles. The first-order valence-corrected chi connectivity index (χ1v) is 5.79. The van der Waals surface area contributed by atoms with Gasteiger partial charge in [0.05, 0.1) is 10.9 Å². The number of hydrogen-bond donors (Lipinski definition) is 1. The van der Waals surface area contributed by atoms with Crippen molar-refractivity contribution in [3.63, 3.8) is 0 Å². The van der Waals surface area contributed by atoms with Crippen molar-refractivity contribution in [3.05, 3.63) is 57.5 Å². The molecule has 0 radical (unpaired) electrons. The van der Waals surface area contributed by atoms with E-state index in [9.17, 15) is 9.59 Å². The van der Waals surface area contributed by atoms with Crippen LogP contribution in [0, 0.1) is 0 Å². The third kappa shape index (κ3) is 1.75. The van der Waals surface area contributed by atoms with Crippen molar-refractivity contribution in [3.8, 4) is 0 Å². The van der Waals surface area contributed by atoms with Crippen LogP contribution in [0.3, 0.4) is 0 Å². The predicted octanol–water partition coefficient (Wildman–Crippen LogP) is 2.20. The summed E-state index contributed by atoms with van der Waals surface area (Å²) in [5.41, 5.74) is 0.141. The average molecular weight is 275 g/mol. The van der Waals surface area contributed by atoms with E-state index in [0.29, 0.717) is 15.9 Å². The summed E-state index contributed by atoms with van der Waals surface area (Å²) in [6.45, 7) is 0. The van der Waals surface area contributed by atoms with Gasteiger partial charge in [-0.3, -0.25) is 9.20 Å². The van der Waals surface area contributed by atoms with E-state index in [0.717, 1.165) is 0 Å². The topological polar surface area (TPSA) is 71.7 Å². The first-order valence-electron chi connectivity index (χ1n) is 5.42. The minimum absolute atomic E-state index is 0.0264. The largest absolute Gasteiger partial charge is 0.478 e. The molecule has 0 saturated heterocycles. The molecule has 0 bridgehead atoms. The second-order valence-corrected chi connectivity index (χ2v) is 4.44. The van der Waals surface area contributed by atoms with Crippen LogP contribution >= 0.6 is 11.6 Å². The van der Waals surface area contributed by atoms with E-state index in [-0.39, 0.29) is 16.8 Å². The SMILES string of the molecule is O=C(O)c1cccn2c(=O)c3ccc(Cl)cc3nc12. The number of carbonyl (C=O) groups is 1. The lowest BCUT2D eigenvalue weighted by Gasteiger charge is -2.05. The number of aromatic nitrogens is 2. The maximum Gasteiger partial charge on any atom is 0.339 e. The standard InChI is InChI=1S/C13H7ClN2O3/c14-7-3-4-8-10(6-7)15-11-9(13(18)19)2-1-5-16(11)12(8)17/h1-6H,(H,18,19). The van der Waals surface area contributed by atoms with E-state index in [2.05, 4.69) is 4.98 Å². The van der Waals surface area contributed by atoms with Gasteiger partial charge in [-0.2, -0.15) is 0 Å². The fourth-order valence-electron chi connectivity index (χ4n) is 1.97. The first kappa shape index (κ1) is 11.7. The summed E-state index contributed by atoms with van der Waals surface area (Å²) >= 11 is 5.86. The van der Waals surface area contributed by atoms with E-state index < -0.39 is 5.97 Å². The summed E-state index contributed by atoms with van der Waals surface area (Å²) < 4.78 is 1.22. The number of aromatic carboxylic acids is 1. The summed E-state index contributed by atoms with van der Waals surface area (Å²) in [6.07, 6.45) is 1.49. The Labute approximate surface area is 111 Å². The molecule has 3 rings (SSSR count). The fourth-order valence-corrected chi connectivity index (χ4v) is 2.13. The Bertz CT molecular complexity index is 886. The highest BCUT2D eigenvalue weighted by Crippen LogP contribution is 2.17. The van der Waals surface area contributed by atoms with Crippen molar-refractivity contribution < 1.29 is 9.90 Å². The molecule has 94 valence electrons. The Morgan fingerprint density at radius 2 is 2.11 bits per heavy atom. The average Bonchev–Trinajstić information content (AvgIpc) is 2.37. The van der Waals surface area contributed by atoms with E-state index in [1.54, 1.807) is 12.1 Å². The molecule has 5 nitrogen and oxygen atoms in total. The Morgan fingerprint density at radius 1 is 1.32 bits per heavy atom. The highest BCUT2D eigenvalue weighted by molar-refractivity contribution is 6.31. The van der Waals surface area contributed by atoms with Crippen LogP contribution in [0.15, 0.2) is 41.3 Å². The van der Waals surface area contributed by atoms with Crippen LogP contribution < -0.4 is 5.56 Å². The lowest BCUT2D eigenvalue weighted by Crippen LogP contribution is -2.17. The lowest BCUT2D eigenvalue weighted by atomic mass is 10.2. The zero-order chi connectivity index (χ0) is 13.6. The molecule has 0 aliphatic rings. The molecule has 0 unspecified atom stereocenters. The third-order valence-electron chi connectivity index (χ3n) is 2.83. The summed E-state index contributed by atoms with van der Waals surface area (Å²) in [5.74, 6) is -1.13. The monoisotopic (exact) mass is 274 g/mol. The van der Waals surface area contributed by atoms with Crippen LogP contribution in [-0.4, -0.2) is 20.5 Å². The number of pyridine rings is 1. The first-order chi connectivity index (χ1) is 9.08. The van der Waals surface area contributed by atoms with Gasteiger partial charge in [0.2, 0.25) is 0 Å². The van der Waals surface area contributed by atoms with Gasteiger partial charge in [0.1, 0.15) is 5.56 Å². The Kier molecular flexibility index (Phi) is 2.50. The summed E-state index contributed by atoms with van der Waals surface area (Å²) in [4.78, 5) is 27.6. The van der Waals surface area contributed by atoms with Crippen LogP contribution in [0.2, 0.25) is 5.02 Å². The number of carboxylic acid groups (broad SMARTS) is 1. The van der Waals surface area contributed by atoms with Gasteiger partial charge in [-0.05, 0) is 30.3 Å². The van der Waals surface area contributed by atoms with Gasteiger partial charge in [-0.15, -0.1) is 0 Å². The summed E-state index contributed by atoms with van der Waals surface area (Å²) in [5, 5.41) is 9.95. The number of rotatable bonds is 1. The minimum Gasteiger partial charge on any atom is -0.478 e. The van der Waals surface area contributed by atoms with Crippen LogP contribution in [0.1, 0.15) is 10.4 Å². The van der Waals surface area contributed by atoms with Crippen LogP contribution in [0.25, 0.3) is 16.6 Å². The summed E-state index contributed by atoms with van der Waals surface area (Å²) in [6, 6.07) is 7.62. The molecule has 0 amide bonds. The van der Waals surface area contributed by atoms with Crippen molar-refractivity contribution in [2.45, 2.75) is 0 Å². The van der Waals surface area contributed by atoms with E-state index in [4.69, 9.17) is 16.7 Å². The van der Waals surface area contributed by atoms with Gasteiger partial charge in [0, 0.05) is 11.2 Å². The van der Waals surface area contributed by atoms with Crippen LogP contribution in [0.5, 0.6) is 0 Å². The van der Waals surface area contributed by atoms with Crippen molar-refractivity contribution >= 4 is 34.1 Å². The number of fused-ring (bicyclic) bond motifs is 2. The highest BCUT2D eigenvalue weighted by atomic mass is 35.5. The molecule has 0 aliphatic heterocycles. The van der Waals surface area contributed by atoms with Gasteiger partial charge in [-0.25, -0.2) is 9.78 Å². The third-order valence-corrected chi connectivity index (χ3v) is 3.07. The van der Waals surface area contributed by atoms with Crippen LogP contribution in [0.4, 0.5) is 0 Å². The number of benzene rings is 1. The van der Waals surface area contributed by atoms with Crippen LogP contribution in [-0.2, 0) is 0 Å². The molecule has 0 fully saturated rings. The zero-order valence-electron chi connectivity index (χ0n) is 9.50. The molecule has 0 aliphatic carbocycles. The molecule has 19 heavy (non-hydrogen) atoms. The van der Waals surface area contributed by atoms with Gasteiger partial charge >= 0.3 is 5.97 Å². The molecular formula is C13H7ClN2O3. The van der Waals surface area contributed by atoms with Crippen molar-refractivity contribution in [1.29, 1.82) is 0 Å². The molecular weight excluding hydrogens is 268 g/mol. The summed E-state index contributed by atoms with van der Waals surface area (Å²) in [7, 11) is 0. The molecule has 0 atom stereocenters. The molecule has 2 heterocycles. The van der Waals surface area contributed by atoms with E-state index >= 15 is 0 Å². The highest BCUT2D eigenvalue weighted by Gasteiger charge is 2.13. The number of nitrogens with zero attached hydrogens (tertiary/aromatic N) is 2. The second kappa shape index (κ2) is 4.07. The quantitative estimate of drug-likeness (QED) is 0.691. The number of halogens is 1. The second-order valence-electron chi connectivity index (χ2n) is 4.00. The molecule has 6 heteroatoms. The van der Waals surface area contributed by atoms with E-state index in [1.807, 2.05) is 0 Å². The van der Waals surface area contributed by atoms with Crippen molar-refractivity contribution in [2.75, 3.05) is 0 Å². The number of hydrogen-bond acceptors (Lipinski definition) is 3. The predicted molar refractivity (Wildman–Crippen MR) is 70.9 cm³/mol. The lowest BCUT2D eigenvalue weighted by molar-refractivity contribution is 0.0698. The molecule has 1 N–H and O–H groups in total. The Balaban J connectivity index is 2.58. The van der Waals surface area contributed by atoms with Gasteiger partial charge in [0.15, 0.2) is 5.65 Å². The fraction of sp³-hybridized carbons (Fsp3) is 0. The van der Waals surface area contributed by atoms with Crippen molar-refractivity contribution in [1.82, 2.24) is 9.38 Å². The molecule has 2 aromatic heterocycles. The zero-order valence-corrected chi connectivity index (χ0v) is 10.3. The maximum atomic E-state index is 12.3. The van der Waals surface area contributed by atoms with Crippen molar-refractivity contribution in [2.24, 2.45) is 0 Å². The molecule has 0 spiro atoms. The molecule has 0 saturated carbocycles. The minimum atomic E-state index is -1.13. The van der Waals surface area contributed by atoms with Gasteiger partial charge < -0.3 is 5.11 Å². The normalized spacial score (nSPS) is 11.0. The number of carboxylic acids is 1.